The highest BCUT2D eigenvalue weighted by atomic mass is 16.5. The third-order valence-electron chi connectivity index (χ3n) is 5.23. The first-order valence-electron chi connectivity index (χ1n) is 9.99. The molecule has 0 atom stereocenters. The van der Waals surface area contributed by atoms with Gasteiger partial charge in [-0.1, -0.05) is 53.2 Å². The van der Waals surface area contributed by atoms with Gasteiger partial charge in [-0.2, -0.15) is 4.98 Å². The molecule has 0 spiro atoms. The molecule has 4 aromatic rings. The first-order chi connectivity index (χ1) is 15.1. The van der Waals surface area contributed by atoms with Gasteiger partial charge in [-0.3, -0.25) is 9.36 Å². The van der Waals surface area contributed by atoms with Gasteiger partial charge in [-0.15, -0.1) is 5.10 Å². The number of benzene rings is 2. The van der Waals surface area contributed by atoms with Crippen molar-refractivity contribution in [3.05, 3.63) is 87.9 Å². The summed E-state index contributed by atoms with van der Waals surface area (Å²) in [6.45, 7) is 3.37. The van der Waals surface area contributed by atoms with Crippen LogP contribution >= 0.6 is 0 Å². The molecule has 31 heavy (non-hydrogen) atoms. The average molecular weight is 416 g/mol. The smallest absolute Gasteiger partial charge is 0.334 e. The second kappa shape index (κ2) is 7.67. The summed E-state index contributed by atoms with van der Waals surface area (Å²) >= 11 is 0. The zero-order valence-corrected chi connectivity index (χ0v) is 16.9. The first kappa shape index (κ1) is 19.0. The molecule has 0 bridgehead atoms. The van der Waals surface area contributed by atoms with Crippen molar-refractivity contribution in [3.8, 4) is 11.5 Å². The Morgan fingerprint density at radius 3 is 2.65 bits per heavy atom. The average Bonchev–Trinajstić information content (AvgIpc) is 3.37. The largest absolute Gasteiger partial charge is 0.346 e. The van der Waals surface area contributed by atoms with Crippen LogP contribution in [0.2, 0.25) is 0 Å². The number of nitrogens with zero attached hydrogens (tertiary/aromatic N) is 6. The van der Waals surface area contributed by atoms with Crippen molar-refractivity contribution in [1.29, 1.82) is 0 Å². The lowest BCUT2D eigenvalue weighted by Crippen LogP contribution is -2.42. The van der Waals surface area contributed by atoms with E-state index < -0.39 is 0 Å². The molecular formula is C22H20N6O3. The van der Waals surface area contributed by atoms with Crippen LogP contribution in [0.15, 0.2) is 63.9 Å². The molecule has 156 valence electrons. The van der Waals surface area contributed by atoms with Crippen molar-refractivity contribution in [2.75, 3.05) is 6.54 Å². The highest BCUT2D eigenvalue weighted by Gasteiger charge is 2.30. The molecule has 0 unspecified atom stereocenters. The lowest BCUT2D eigenvalue weighted by atomic mass is 10.1. The van der Waals surface area contributed by atoms with Crippen LogP contribution in [-0.2, 0) is 19.6 Å². The first-order valence-corrected chi connectivity index (χ1v) is 9.99. The van der Waals surface area contributed by atoms with Gasteiger partial charge in [0.05, 0.1) is 0 Å². The molecular weight excluding hydrogens is 396 g/mol. The summed E-state index contributed by atoms with van der Waals surface area (Å²) < 4.78 is 7.91. The molecule has 9 heteroatoms. The SMILES string of the molecule is Cc1cccc(CN2CCn3c(nn(Cc4noc(-c5ccccc5)n4)c3=O)C2=O)c1. The van der Waals surface area contributed by atoms with E-state index in [1.54, 1.807) is 4.90 Å². The highest BCUT2D eigenvalue weighted by Crippen LogP contribution is 2.17. The number of carbonyl (C=O) groups is 1. The maximum Gasteiger partial charge on any atom is 0.346 e. The summed E-state index contributed by atoms with van der Waals surface area (Å²) in [5.74, 6) is 0.561. The third kappa shape index (κ3) is 3.65. The number of carbonyl (C=O) groups excluding carboxylic acids is 1. The number of hydrogen-bond donors (Lipinski definition) is 0. The van der Waals surface area contributed by atoms with Gasteiger partial charge in [0, 0.05) is 25.2 Å². The second-order valence-electron chi connectivity index (χ2n) is 7.51. The van der Waals surface area contributed by atoms with Gasteiger partial charge in [0.15, 0.2) is 5.82 Å². The molecule has 0 radical (unpaired) electrons. The van der Waals surface area contributed by atoms with Crippen LogP contribution in [0.5, 0.6) is 0 Å². The number of amides is 1. The summed E-state index contributed by atoms with van der Waals surface area (Å²) in [5.41, 5.74) is 2.62. The molecule has 0 fully saturated rings. The number of rotatable bonds is 5. The second-order valence-corrected chi connectivity index (χ2v) is 7.51. The van der Waals surface area contributed by atoms with Crippen LogP contribution in [0.25, 0.3) is 11.5 Å². The number of hydrogen-bond acceptors (Lipinski definition) is 6. The predicted molar refractivity (Wildman–Crippen MR) is 111 cm³/mol. The van der Waals surface area contributed by atoms with Gasteiger partial charge in [-0.05, 0) is 24.6 Å². The van der Waals surface area contributed by atoms with Crippen LogP contribution in [0.3, 0.4) is 0 Å². The van der Waals surface area contributed by atoms with Crippen LogP contribution < -0.4 is 5.69 Å². The van der Waals surface area contributed by atoms with E-state index in [-0.39, 0.29) is 24.0 Å². The minimum Gasteiger partial charge on any atom is -0.334 e. The van der Waals surface area contributed by atoms with Crippen molar-refractivity contribution in [2.24, 2.45) is 0 Å². The maximum atomic E-state index is 13.0. The Hall–Kier alpha value is -4.01. The molecule has 0 saturated carbocycles. The Balaban J connectivity index is 1.36. The van der Waals surface area contributed by atoms with Crippen molar-refractivity contribution < 1.29 is 9.32 Å². The molecule has 3 heterocycles. The number of aryl methyl sites for hydroxylation is 1. The van der Waals surface area contributed by atoms with Crippen LogP contribution in [-0.4, -0.2) is 41.8 Å². The molecule has 9 nitrogen and oxygen atoms in total. The zero-order valence-electron chi connectivity index (χ0n) is 16.9. The molecule has 0 saturated heterocycles. The van der Waals surface area contributed by atoms with Gasteiger partial charge in [0.25, 0.3) is 11.8 Å². The lowest BCUT2D eigenvalue weighted by molar-refractivity contribution is 0.0681. The topological polar surface area (TPSA) is 99.0 Å². The predicted octanol–water partition coefficient (Wildman–Crippen LogP) is 2.11. The van der Waals surface area contributed by atoms with Crippen molar-refractivity contribution in [2.45, 2.75) is 26.6 Å². The van der Waals surface area contributed by atoms with Crippen molar-refractivity contribution in [3.63, 3.8) is 0 Å². The Morgan fingerprint density at radius 1 is 1.00 bits per heavy atom. The monoisotopic (exact) mass is 416 g/mol. The van der Waals surface area contributed by atoms with Crippen molar-refractivity contribution in [1.82, 2.24) is 29.4 Å². The van der Waals surface area contributed by atoms with E-state index in [0.29, 0.717) is 31.3 Å². The summed E-state index contributed by atoms with van der Waals surface area (Å²) in [6, 6.07) is 17.4. The molecule has 1 aliphatic heterocycles. The minimum absolute atomic E-state index is 0.0281. The molecule has 5 rings (SSSR count). The van der Waals surface area contributed by atoms with Crippen LogP contribution in [0.1, 0.15) is 27.6 Å². The fourth-order valence-electron chi connectivity index (χ4n) is 3.70. The third-order valence-corrected chi connectivity index (χ3v) is 5.23. The Labute approximate surface area is 177 Å². The van der Waals surface area contributed by atoms with Crippen molar-refractivity contribution >= 4 is 5.91 Å². The zero-order chi connectivity index (χ0) is 21.4. The van der Waals surface area contributed by atoms with E-state index >= 15 is 0 Å². The van der Waals surface area contributed by atoms with E-state index in [0.717, 1.165) is 16.7 Å². The highest BCUT2D eigenvalue weighted by molar-refractivity contribution is 5.91. The van der Waals surface area contributed by atoms with Gasteiger partial charge in [-0.25, -0.2) is 9.48 Å². The molecule has 0 aliphatic carbocycles. The van der Waals surface area contributed by atoms with E-state index in [1.807, 2.05) is 61.5 Å². The summed E-state index contributed by atoms with van der Waals surface area (Å²) in [5, 5.41) is 8.22. The Kier molecular flexibility index (Phi) is 4.70. The fraction of sp³-hybridized carbons (Fsp3) is 0.227. The van der Waals surface area contributed by atoms with E-state index in [2.05, 4.69) is 15.2 Å². The molecule has 0 N–H and O–H groups in total. The van der Waals surface area contributed by atoms with Gasteiger partial charge in [0.1, 0.15) is 6.54 Å². The lowest BCUT2D eigenvalue weighted by Gasteiger charge is -2.26. The normalized spacial score (nSPS) is 13.5. The quantitative estimate of drug-likeness (QED) is 0.494. The van der Waals surface area contributed by atoms with Crippen LogP contribution in [0.4, 0.5) is 0 Å². The van der Waals surface area contributed by atoms with Gasteiger partial charge >= 0.3 is 5.69 Å². The summed E-state index contributed by atoms with van der Waals surface area (Å²) in [4.78, 5) is 31.8. The molecule has 1 aliphatic rings. The van der Waals surface area contributed by atoms with Crippen LogP contribution in [0, 0.1) is 6.92 Å². The molecule has 1 amide bonds. The van der Waals surface area contributed by atoms with E-state index in [4.69, 9.17) is 4.52 Å². The molecule has 2 aromatic heterocycles. The summed E-state index contributed by atoms with van der Waals surface area (Å²) in [7, 11) is 0. The number of fused-ring (bicyclic) bond motifs is 1. The fourth-order valence-corrected chi connectivity index (χ4v) is 3.70. The maximum absolute atomic E-state index is 13.0. The van der Waals surface area contributed by atoms with E-state index in [1.165, 1.54) is 9.25 Å². The minimum atomic E-state index is -0.357. The Morgan fingerprint density at radius 2 is 1.84 bits per heavy atom. The number of aromatic nitrogens is 5. The Bertz CT molecular complexity index is 1300. The van der Waals surface area contributed by atoms with Gasteiger partial charge in [0.2, 0.25) is 5.82 Å². The standard InChI is InChI=1S/C22H20N6O3/c1-15-6-5-7-16(12-15)13-26-10-11-27-19(21(26)29)24-28(22(27)30)14-18-23-20(31-25-18)17-8-3-2-4-9-17/h2-9,12H,10-11,13-14H2,1H3. The molecule has 2 aromatic carbocycles. The van der Waals surface area contributed by atoms with E-state index in [9.17, 15) is 9.59 Å². The van der Waals surface area contributed by atoms with Gasteiger partial charge < -0.3 is 9.42 Å². The summed E-state index contributed by atoms with van der Waals surface area (Å²) in [6.07, 6.45) is 0.